The lowest BCUT2D eigenvalue weighted by molar-refractivity contribution is -0.200. The van der Waals surface area contributed by atoms with Gasteiger partial charge in [0, 0.05) is 0 Å². The van der Waals surface area contributed by atoms with Crippen molar-refractivity contribution in [1.29, 1.82) is 0 Å². The van der Waals surface area contributed by atoms with Crippen LogP contribution in [0.1, 0.15) is 90.9 Å². The van der Waals surface area contributed by atoms with Gasteiger partial charge in [-0.3, -0.25) is 19.2 Å². The first-order valence-electron chi connectivity index (χ1n) is 11.9. The van der Waals surface area contributed by atoms with E-state index in [2.05, 4.69) is 0 Å². The Labute approximate surface area is 189 Å². The van der Waals surface area contributed by atoms with E-state index >= 15 is 0 Å². The molecular formula is C24H38O8. The Balaban J connectivity index is 2.70. The third-order valence-corrected chi connectivity index (χ3v) is 8.66. The Hall–Kier alpha value is -2.12. The predicted molar refractivity (Wildman–Crippen MR) is 116 cm³/mol. The molecule has 182 valence electrons. The minimum Gasteiger partial charge on any atom is -0.481 e. The quantitative estimate of drug-likeness (QED) is 0.356. The van der Waals surface area contributed by atoms with Crippen molar-refractivity contribution in [2.45, 2.75) is 90.9 Å². The summed E-state index contributed by atoms with van der Waals surface area (Å²) in [5.74, 6) is -6.38. The Morgan fingerprint density at radius 2 is 0.875 bits per heavy atom. The lowest BCUT2D eigenvalue weighted by Crippen LogP contribution is -2.62. The van der Waals surface area contributed by atoms with Crippen LogP contribution in [0.3, 0.4) is 0 Å². The van der Waals surface area contributed by atoms with Crippen molar-refractivity contribution >= 4 is 23.9 Å². The van der Waals surface area contributed by atoms with Crippen LogP contribution in [-0.2, 0) is 19.2 Å². The minimum absolute atomic E-state index is 0.390. The van der Waals surface area contributed by atoms with E-state index in [4.69, 9.17) is 0 Å². The Morgan fingerprint density at radius 1 is 0.594 bits per heavy atom. The molecule has 8 nitrogen and oxygen atoms in total. The molecule has 0 heterocycles. The van der Waals surface area contributed by atoms with Crippen LogP contribution in [0.15, 0.2) is 0 Å². The molecule has 0 amide bonds. The van der Waals surface area contributed by atoms with Gasteiger partial charge in [-0.15, -0.1) is 0 Å². The Morgan fingerprint density at radius 3 is 1.06 bits per heavy atom. The molecule has 0 aromatic rings. The topological polar surface area (TPSA) is 149 Å². The average molecular weight is 455 g/mol. The predicted octanol–water partition coefficient (Wildman–Crippen LogP) is 4.51. The van der Waals surface area contributed by atoms with Crippen LogP contribution >= 0.6 is 0 Å². The normalized spacial score (nSPS) is 29.9. The van der Waals surface area contributed by atoms with E-state index in [0.29, 0.717) is 63.2 Å². The molecule has 0 aromatic heterocycles. The van der Waals surface area contributed by atoms with Gasteiger partial charge in [0.05, 0.1) is 23.7 Å². The van der Waals surface area contributed by atoms with Crippen LogP contribution in [0.2, 0.25) is 0 Å². The molecule has 2 saturated carbocycles. The first kappa shape index (κ1) is 26.1. The summed E-state index contributed by atoms with van der Waals surface area (Å²) in [6.07, 6.45) is 4.47. The highest BCUT2D eigenvalue weighted by Gasteiger charge is 2.69. The Kier molecular flexibility index (Phi) is 8.71. The summed E-state index contributed by atoms with van der Waals surface area (Å²) in [7, 11) is 0. The molecule has 8 heteroatoms. The summed E-state index contributed by atoms with van der Waals surface area (Å²) in [4.78, 5) is 50.0. The lowest BCUT2D eigenvalue weighted by atomic mass is 9.46. The fourth-order valence-corrected chi connectivity index (χ4v) is 6.82. The van der Waals surface area contributed by atoms with Crippen molar-refractivity contribution in [1.82, 2.24) is 0 Å². The molecule has 2 fully saturated rings. The third kappa shape index (κ3) is 4.79. The second-order valence-corrected chi connectivity index (χ2v) is 9.95. The molecular weight excluding hydrogens is 416 g/mol. The largest absolute Gasteiger partial charge is 0.481 e. The second kappa shape index (κ2) is 10.7. The molecule has 4 N–H and O–H groups in total. The first-order valence-corrected chi connectivity index (χ1v) is 11.9. The van der Waals surface area contributed by atoms with E-state index in [0.717, 1.165) is 12.8 Å². The first-order chi connectivity index (χ1) is 15.0. The maximum Gasteiger partial charge on any atom is 0.311 e. The van der Waals surface area contributed by atoms with Gasteiger partial charge >= 0.3 is 23.9 Å². The van der Waals surface area contributed by atoms with Gasteiger partial charge in [0.2, 0.25) is 0 Å². The van der Waals surface area contributed by atoms with Gasteiger partial charge in [-0.05, 0) is 49.4 Å². The third-order valence-electron chi connectivity index (χ3n) is 8.66. The molecule has 2 unspecified atom stereocenters. The van der Waals surface area contributed by atoms with Crippen LogP contribution in [-0.4, -0.2) is 44.3 Å². The van der Waals surface area contributed by atoms with Crippen molar-refractivity contribution < 1.29 is 39.6 Å². The van der Waals surface area contributed by atoms with Crippen molar-refractivity contribution in [2.75, 3.05) is 0 Å². The van der Waals surface area contributed by atoms with Crippen molar-refractivity contribution in [3.63, 3.8) is 0 Å². The number of carboxylic acid groups (broad SMARTS) is 4. The highest BCUT2D eigenvalue weighted by Crippen LogP contribution is 2.61. The van der Waals surface area contributed by atoms with Crippen molar-refractivity contribution in [3.05, 3.63) is 0 Å². The molecule has 2 aliphatic carbocycles. The van der Waals surface area contributed by atoms with Gasteiger partial charge in [0.25, 0.3) is 0 Å². The summed E-state index contributed by atoms with van der Waals surface area (Å²) >= 11 is 0. The van der Waals surface area contributed by atoms with E-state index in [1.165, 1.54) is 0 Å². The van der Waals surface area contributed by atoms with Crippen LogP contribution in [0.4, 0.5) is 0 Å². The molecule has 0 aliphatic heterocycles. The second-order valence-electron chi connectivity index (χ2n) is 9.95. The Bertz CT molecular complexity index is 643. The maximum atomic E-state index is 13.0. The van der Waals surface area contributed by atoms with E-state index < -0.39 is 59.4 Å². The molecule has 0 aromatic carbocycles. The minimum atomic E-state index is -2.18. The number of carboxylic acids is 4. The SMILES string of the molecule is CCC1CCC(C(CC(=O)O)(C(=O)O)C(CC(=O)O)(C(=O)O)C2CCC(CC)CC2)CC1. The van der Waals surface area contributed by atoms with Gasteiger partial charge in [-0.2, -0.15) is 0 Å². The number of rotatable bonds is 11. The van der Waals surface area contributed by atoms with E-state index in [9.17, 15) is 39.6 Å². The highest BCUT2D eigenvalue weighted by atomic mass is 16.4. The summed E-state index contributed by atoms with van der Waals surface area (Å²) in [5.41, 5.74) is -4.35. The number of hydrogen-bond donors (Lipinski definition) is 4. The van der Waals surface area contributed by atoms with Gasteiger partial charge in [0.1, 0.15) is 0 Å². The highest BCUT2D eigenvalue weighted by molar-refractivity contribution is 5.93. The zero-order valence-electron chi connectivity index (χ0n) is 19.2. The van der Waals surface area contributed by atoms with Crippen LogP contribution in [0.25, 0.3) is 0 Å². The zero-order chi connectivity index (χ0) is 24.1. The monoisotopic (exact) mass is 454 g/mol. The zero-order valence-corrected chi connectivity index (χ0v) is 19.2. The molecule has 0 spiro atoms. The number of aliphatic carboxylic acids is 4. The molecule has 0 saturated heterocycles. The van der Waals surface area contributed by atoms with Gasteiger partial charge in [-0.1, -0.05) is 52.4 Å². The molecule has 0 bridgehead atoms. The van der Waals surface area contributed by atoms with E-state index in [-0.39, 0.29) is 0 Å². The van der Waals surface area contributed by atoms with Gasteiger partial charge in [-0.25, -0.2) is 0 Å². The summed E-state index contributed by atoms with van der Waals surface area (Å²) in [6, 6.07) is 0. The fraction of sp³-hybridized carbons (Fsp3) is 0.833. The van der Waals surface area contributed by atoms with Crippen molar-refractivity contribution in [2.24, 2.45) is 34.5 Å². The van der Waals surface area contributed by atoms with Crippen LogP contribution in [0, 0.1) is 34.5 Å². The van der Waals surface area contributed by atoms with Crippen LogP contribution in [0.5, 0.6) is 0 Å². The average Bonchev–Trinajstić information content (AvgIpc) is 2.75. The van der Waals surface area contributed by atoms with Crippen LogP contribution < -0.4 is 0 Å². The fourth-order valence-electron chi connectivity index (χ4n) is 6.82. The lowest BCUT2D eigenvalue weighted by Gasteiger charge is -2.54. The van der Waals surface area contributed by atoms with E-state index in [1.807, 2.05) is 13.8 Å². The number of hydrogen-bond acceptors (Lipinski definition) is 4. The van der Waals surface area contributed by atoms with Gasteiger partial charge in [0.15, 0.2) is 0 Å². The molecule has 2 rings (SSSR count). The summed E-state index contributed by atoms with van der Waals surface area (Å²) < 4.78 is 0. The summed E-state index contributed by atoms with van der Waals surface area (Å²) in [5, 5.41) is 40.7. The number of carbonyl (C=O) groups is 4. The van der Waals surface area contributed by atoms with Gasteiger partial charge < -0.3 is 20.4 Å². The molecule has 0 radical (unpaired) electrons. The smallest absolute Gasteiger partial charge is 0.311 e. The molecule has 2 aliphatic rings. The van der Waals surface area contributed by atoms with Crippen molar-refractivity contribution in [3.8, 4) is 0 Å². The van der Waals surface area contributed by atoms with E-state index in [1.54, 1.807) is 0 Å². The molecule has 2 atom stereocenters. The standard InChI is InChI=1S/C24H38O8/c1-3-15-5-9-17(10-6-15)23(21(29)30,13-19(25)26)24(22(31)32,14-20(27)28)18-11-7-16(4-2)8-12-18/h15-18H,3-14H2,1-2H3,(H,25,26)(H,27,28)(H,29,30)(H,31,32). The maximum absolute atomic E-state index is 13.0. The summed E-state index contributed by atoms with van der Waals surface area (Å²) in [6.45, 7) is 4.09. The molecule has 32 heavy (non-hydrogen) atoms.